The molecule has 0 amide bonds. The lowest BCUT2D eigenvalue weighted by molar-refractivity contribution is 0.316. The molecule has 3 heterocycles. The fourth-order valence-electron chi connectivity index (χ4n) is 2.78. The third-order valence-electron chi connectivity index (χ3n) is 3.72. The average Bonchev–Trinajstić information content (AvgIpc) is 2.48. The summed E-state index contributed by atoms with van der Waals surface area (Å²) >= 11 is 0. The van der Waals surface area contributed by atoms with Crippen LogP contribution >= 0.6 is 0 Å². The first-order chi connectivity index (χ1) is 9.83. The van der Waals surface area contributed by atoms with Crippen LogP contribution in [0.5, 0.6) is 0 Å². The van der Waals surface area contributed by atoms with E-state index in [4.69, 9.17) is 0 Å². The van der Waals surface area contributed by atoms with Crippen molar-refractivity contribution in [1.82, 2.24) is 20.2 Å². The van der Waals surface area contributed by atoms with Crippen LogP contribution in [0, 0.1) is 0 Å². The lowest BCUT2D eigenvalue weighted by atomic mass is 9.98. The molecule has 2 aromatic heterocycles. The lowest BCUT2D eigenvalue weighted by Gasteiger charge is -2.23. The number of nitrogens with zero attached hydrogens (tertiary/aromatic N) is 3. The summed E-state index contributed by atoms with van der Waals surface area (Å²) in [5.74, 6) is 0. The Morgan fingerprint density at radius 3 is 3.00 bits per heavy atom. The van der Waals surface area contributed by atoms with E-state index in [1.165, 1.54) is 22.3 Å². The molecule has 1 N–H and O–H groups in total. The predicted molar refractivity (Wildman–Crippen MR) is 79.1 cm³/mol. The zero-order valence-corrected chi connectivity index (χ0v) is 11.8. The second-order valence-electron chi connectivity index (χ2n) is 5.40. The molecule has 0 aliphatic carbocycles. The van der Waals surface area contributed by atoms with Crippen molar-refractivity contribution in [3.05, 3.63) is 59.2 Å². The Kier molecular flexibility index (Phi) is 4.04. The molecule has 0 saturated heterocycles. The molecule has 4 heteroatoms. The molecular formula is C16H20N4. The van der Waals surface area contributed by atoms with Crippen molar-refractivity contribution in [2.75, 3.05) is 13.6 Å². The van der Waals surface area contributed by atoms with Gasteiger partial charge in [0.15, 0.2) is 0 Å². The van der Waals surface area contributed by atoms with Crippen LogP contribution in [0.3, 0.4) is 0 Å². The molecule has 1 aliphatic heterocycles. The number of pyridine rings is 2. The van der Waals surface area contributed by atoms with Crippen LogP contribution in [0.1, 0.15) is 22.3 Å². The minimum Gasteiger partial charge on any atom is -0.312 e. The standard InChI is InChI=1S/C16H20N4/c1-20(11-13-3-2-5-17-7-13)12-15-10-19-9-14-8-18-6-4-16(14)15/h2-3,5,7,9-10,18H,4,6,8,11-12H2,1H3. The first kappa shape index (κ1) is 13.2. The second-order valence-corrected chi connectivity index (χ2v) is 5.40. The van der Waals surface area contributed by atoms with Crippen molar-refractivity contribution in [3.63, 3.8) is 0 Å². The number of nitrogens with one attached hydrogen (secondary N) is 1. The minimum atomic E-state index is 0.912. The van der Waals surface area contributed by atoms with E-state index in [2.05, 4.69) is 33.3 Å². The molecule has 20 heavy (non-hydrogen) atoms. The minimum absolute atomic E-state index is 0.912. The van der Waals surface area contributed by atoms with Gasteiger partial charge in [-0.05, 0) is 48.3 Å². The summed E-state index contributed by atoms with van der Waals surface area (Å²) in [5.41, 5.74) is 5.44. The maximum absolute atomic E-state index is 4.38. The Bertz CT molecular complexity index is 568. The highest BCUT2D eigenvalue weighted by atomic mass is 15.1. The second kappa shape index (κ2) is 6.11. The summed E-state index contributed by atoms with van der Waals surface area (Å²) in [6, 6.07) is 4.10. The van der Waals surface area contributed by atoms with E-state index in [1.807, 2.05) is 30.9 Å². The van der Waals surface area contributed by atoms with Gasteiger partial charge in [-0.1, -0.05) is 6.07 Å². The first-order valence-electron chi connectivity index (χ1n) is 7.06. The molecule has 0 spiro atoms. The average molecular weight is 268 g/mol. The fraction of sp³-hybridized carbons (Fsp3) is 0.375. The molecule has 0 unspecified atom stereocenters. The summed E-state index contributed by atoms with van der Waals surface area (Å²) in [4.78, 5) is 10.9. The summed E-state index contributed by atoms with van der Waals surface area (Å²) in [7, 11) is 2.15. The Morgan fingerprint density at radius 2 is 2.15 bits per heavy atom. The highest BCUT2D eigenvalue weighted by molar-refractivity contribution is 5.33. The van der Waals surface area contributed by atoms with Gasteiger partial charge in [0.05, 0.1) is 0 Å². The van der Waals surface area contributed by atoms with Gasteiger partial charge in [-0.3, -0.25) is 14.9 Å². The molecule has 0 bridgehead atoms. The van der Waals surface area contributed by atoms with E-state index in [0.717, 1.165) is 32.6 Å². The zero-order valence-electron chi connectivity index (χ0n) is 11.8. The fourth-order valence-corrected chi connectivity index (χ4v) is 2.78. The molecule has 0 fully saturated rings. The van der Waals surface area contributed by atoms with Gasteiger partial charge in [0.2, 0.25) is 0 Å². The smallest absolute Gasteiger partial charge is 0.0315 e. The van der Waals surface area contributed by atoms with Crippen LogP contribution in [-0.2, 0) is 26.1 Å². The summed E-state index contributed by atoms with van der Waals surface area (Å²) in [6.07, 6.45) is 8.86. The number of hydrogen-bond acceptors (Lipinski definition) is 4. The van der Waals surface area contributed by atoms with Gasteiger partial charge in [-0.15, -0.1) is 0 Å². The first-order valence-corrected chi connectivity index (χ1v) is 7.06. The van der Waals surface area contributed by atoms with Crippen LogP contribution in [-0.4, -0.2) is 28.5 Å². The van der Waals surface area contributed by atoms with E-state index < -0.39 is 0 Å². The van der Waals surface area contributed by atoms with Crippen molar-refractivity contribution >= 4 is 0 Å². The zero-order chi connectivity index (χ0) is 13.8. The molecule has 0 atom stereocenters. The van der Waals surface area contributed by atoms with Crippen molar-refractivity contribution in [3.8, 4) is 0 Å². The summed E-state index contributed by atoms with van der Waals surface area (Å²) in [6.45, 7) is 3.86. The normalized spacial score (nSPS) is 14.3. The van der Waals surface area contributed by atoms with Crippen LogP contribution in [0.4, 0.5) is 0 Å². The molecule has 0 aromatic carbocycles. The predicted octanol–water partition coefficient (Wildman–Crippen LogP) is 1.75. The van der Waals surface area contributed by atoms with E-state index in [0.29, 0.717) is 0 Å². The van der Waals surface area contributed by atoms with Gasteiger partial charge < -0.3 is 5.32 Å². The summed E-state index contributed by atoms with van der Waals surface area (Å²) < 4.78 is 0. The Morgan fingerprint density at radius 1 is 1.20 bits per heavy atom. The highest BCUT2D eigenvalue weighted by Gasteiger charge is 2.14. The van der Waals surface area contributed by atoms with Crippen LogP contribution in [0.15, 0.2) is 36.9 Å². The third kappa shape index (κ3) is 3.03. The molecule has 2 aromatic rings. The monoisotopic (exact) mass is 268 g/mol. The highest BCUT2D eigenvalue weighted by Crippen LogP contribution is 2.19. The molecule has 1 aliphatic rings. The van der Waals surface area contributed by atoms with E-state index in [1.54, 1.807) is 0 Å². The van der Waals surface area contributed by atoms with Crippen molar-refractivity contribution in [1.29, 1.82) is 0 Å². The maximum atomic E-state index is 4.38. The molecule has 0 radical (unpaired) electrons. The number of hydrogen-bond donors (Lipinski definition) is 1. The van der Waals surface area contributed by atoms with Gasteiger partial charge in [-0.2, -0.15) is 0 Å². The number of fused-ring (bicyclic) bond motifs is 1. The Hall–Kier alpha value is -1.78. The Balaban J connectivity index is 1.71. The van der Waals surface area contributed by atoms with Crippen molar-refractivity contribution < 1.29 is 0 Å². The van der Waals surface area contributed by atoms with E-state index >= 15 is 0 Å². The van der Waals surface area contributed by atoms with Gasteiger partial charge >= 0.3 is 0 Å². The molecular weight excluding hydrogens is 248 g/mol. The van der Waals surface area contributed by atoms with Crippen LogP contribution in [0.2, 0.25) is 0 Å². The van der Waals surface area contributed by atoms with Crippen molar-refractivity contribution in [2.24, 2.45) is 0 Å². The third-order valence-corrected chi connectivity index (χ3v) is 3.72. The van der Waals surface area contributed by atoms with Gasteiger partial charge in [0.1, 0.15) is 0 Å². The van der Waals surface area contributed by atoms with Gasteiger partial charge in [-0.25, -0.2) is 0 Å². The molecule has 4 nitrogen and oxygen atoms in total. The van der Waals surface area contributed by atoms with Gasteiger partial charge in [0, 0.05) is 44.4 Å². The number of rotatable bonds is 4. The van der Waals surface area contributed by atoms with Crippen LogP contribution in [0.25, 0.3) is 0 Å². The van der Waals surface area contributed by atoms with E-state index in [9.17, 15) is 0 Å². The van der Waals surface area contributed by atoms with E-state index in [-0.39, 0.29) is 0 Å². The Labute approximate surface area is 119 Å². The topological polar surface area (TPSA) is 41.1 Å². The number of aromatic nitrogens is 2. The van der Waals surface area contributed by atoms with Crippen molar-refractivity contribution in [2.45, 2.75) is 26.1 Å². The molecule has 104 valence electrons. The lowest BCUT2D eigenvalue weighted by Crippen LogP contribution is -2.26. The summed E-state index contributed by atoms with van der Waals surface area (Å²) in [5, 5.41) is 3.40. The maximum Gasteiger partial charge on any atom is 0.0315 e. The molecule has 3 rings (SSSR count). The van der Waals surface area contributed by atoms with Crippen LogP contribution < -0.4 is 5.32 Å². The SMILES string of the molecule is CN(Cc1cccnc1)Cc1cncc2c1CCNC2. The quantitative estimate of drug-likeness (QED) is 0.917. The molecule has 0 saturated carbocycles. The van der Waals surface area contributed by atoms with Gasteiger partial charge in [0.25, 0.3) is 0 Å². The largest absolute Gasteiger partial charge is 0.312 e.